The average molecular weight is 402 g/mol. The molecular weight excluding hydrogens is 378 g/mol. The van der Waals surface area contributed by atoms with Gasteiger partial charge in [-0.2, -0.15) is 5.26 Å². The summed E-state index contributed by atoms with van der Waals surface area (Å²) in [5, 5.41) is 24.4. The second-order valence-corrected chi connectivity index (χ2v) is 9.44. The van der Waals surface area contributed by atoms with Crippen molar-refractivity contribution < 1.29 is 4.79 Å². The Morgan fingerprint density at radius 1 is 1.33 bits per heavy atom. The number of hydrogen-bond donors (Lipinski definition) is 2. The fourth-order valence-corrected chi connectivity index (χ4v) is 5.03. The van der Waals surface area contributed by atoms with Crippen molar-refractivity contribution in [3.05, 3.63) is 29.8 Å². The van der Waals surface area contributed by atoms with Crippen LogP contribution in [0.2, 0.25) is 0 Å². The van der Waals surface area contributed by atoms with Gasteiger partial charge in [-0.05, 0) is 44.4 Å². The molecule has 2 aromatic rings. The first-order valence-corrected chi connectivity index (χ1v) is 10.8. The largest absolute Gasteiger partial charge is 0.337 e. The van der Waals surface area contributed by atoms with Gasteiger partial charge >= 0.3 is 0 Å². The minimum absolute atomic E-state index is 0.119. The van der Waals surface area contributed by atoms with Crippen molar-refractivity contribution >= 4 is 39.8 Å². The number of anilines is 2. The lowest BCUT2D eigenvalue weighted by molar-refractivity contribution is -0.121. The fraction of sp³-hybridized carbons (Fsp3) is 0.474. The second kappa shape index (κ2) is 8.72. The Bertz CT molecular complexity index is 839. The summed E-state index contributed by atoms with van der Waals surface area (Å²) in [6.07, 6.45) is 4.57. The van der Waals surface area contributed by atoms with Gasteiger partial charge in [0.1, 0.15) is 5.54 Å². The molecule has 1 saturated carbocycles. The van der Waals surface area contributed by atoms with Crippen LogP contribution >= 0.6 is 23.1 Å². The Morgan fingerprint density at radius 3 is 2.81 bits per heavy atom. The maximum Gasteiger partial charge on any atom is 0.234 e. The number of carbonyl (C=O) groups excluding carboxylic acids is 1. The van der Waals surface area contributed by atoms with Gasteiger partial charge in [0.25, 0.3) is 0 Å². The highest BCUT2D eigenvalue weighted by molar-refractivity contribution is 8.02. The van der Waals surface area contributed by atoms with E-state index < -0.39 is 5.54 Å². The van der Waals surface area contributed by atoms with Crippen LogP contribution in [-0.2, 0) is 4.79 Å². The van der Waals surface area contributed by atoms with E-state index in [9.17, 15) is 10.1 Å². The van der Waals surface area contributed by atoms with Crippen LogP contribution in [0.25, 0.3) is 0 Å². The zero-order valence-corrected chi connectivity index (χ0v) is 17.1. The molecule has 1 atom stereocenters. The van der Waals surface area contributed by atoms with E-state index in [1.165, 1.54) is 28.7 Å². The topological polar surface area (TPSA) is 90.7 Å². The highest BCUT2D eigenvalue weighted by Crippen LogP contribution is 2.32. The Labute approximate surface area is 167 Å². The van der Waals surface area contributed by atoms with Gasteiger partial charge in [0, 0.05) is 5.69 Å². The van der Waals surface area contributed by atoms with Crippen molar-refractivity contribution in [3.63, 3.8) is 0 Å². The van der Waals surface area contributed by atoms with Crippen molar-refractivity contribution in [1.82, 2.24) is 15.5 Å². The van der Waals surface area contributed by atoms with Crippen molar-refractivity contribution in [3.8, 4) is 6.07 Å². The van der Waals surface area contributed by atoms with Gasteiger partial charge in [0.15, 0.2) is 4.34 Å². The monoisotopic (exact) mass is 401 g/mol. The molecule has 0 bridgehead atoms. The van der Waals surface area contributed by atoms with Gasteiger partial charge in [-0.25, -0.2) is 0 Å². The Hall–Kier alpha value is -2.11. The molecule has 142 valence electrons. The van der Waals surface area contributed by atoms with Gasteiger partial charge in [-0.1, -0.05) is 54.5 Å². The molecule has 0 unspecified atom stereocenters. The van der Waals surface area contributed by atoms with E-state index in [4.69, 9.17) is 0 Å². The molecule has 1 amide bonds. The molecular formula is C19H23N5OS2. The van der Waals surface area contributed by atoms with E-state index in [0.29, 0.717) is 5.13 Å². The zero-order valence-electron chi connectivity index (χ0n) is 15.5. The van der Waals surface area contributed by atoms with E-state index in [1.807, 2.05) is 38.1 Å². The van der Waals surface area contributed by atoms with Crippen LogP contribution in [0, 0.1) is 18.3 Å². The van der Waals surface area contributed by atoms with Crippen molar-refractivity contribution in [2.75, 3.05) is 5.32 Å². The number of nitrogens with zero attached hydrogens (tertiary/aromatic N) is 3. The third kappa shape index (κ3) is 5.21. The minimum atomic E-state index is -0.705. The SMILES string of the molecule is Cc1cccc(Nc2nnc(S[C@@H](C)C(=O)NC3(C#N)CCCCC3)s2)c1. The van der Waals surface area contributed by atoms with E-state index in [0.717, 1.165) is 42.1 Å². The molecule has 1 aromatic heterocycles. The summed E-state index contributed by atoms with van der Waals surface area (Å²) in [7, 11) is 0. The van der Waals surface area contributed by atoms with E-state index >= 15 is 0 Å². The van der Waals surface area contributed by atoms with E-state index in [2.05, 4.69) is 26.9 Å². The summed E-state index contributed by atoms with van der Waals surface area (Å²) in [5.74, 6) is -0.119. The molecule has 27 heavy (non-hydrogen) atoms. The first-order valence-electron chi connectivity index (χ1n) is 9.07. The maximum absolute atomic E-state index is 12.6. The molecule has 0 saturated heterocycles. The zero-order chi connectivity index (χ0) is 19.3. The van der Waals surface area contributed by atoms with Crippen LogP contribution in [0.4, 0.5) is 10.8 Å². The lowest BCUT2D eigenvalue weighted by Crippen LogP contribution is -2.50. The Morgan fingerprint density at radius 2 is 2.11 bits per heavy atom. The van der Waals surface area contributed by atoms with Gasteiger partial charge in [-0.3, -0.25) is 4.79 Å². The van der Waals surface area contributed by atoms with Crippen LogP contribution < -0.4 is 10.6 Å². The highest BCUT2D eigenvalue weighted by Gasteiger charge is 2.35. The number of nitrogens with one attached hydrogen (secondary N) is 2. The maximum atomic E-state index is 12.6. The number of benzene rings is 1. The molecule has 8 heteroatoms. The second-order valence-electron chi connectivity index (χ2n) is 6.87. The smallest absolute Gasteiger partial charge is 0.234 e. The number of aromatic nitrogens is 2. The summed E-state index contributed by atoms with van der Waals surface area (Å²) >= 11 is 2.78. The predicted octanol–water partition coefficient (Wildman–Crippen LogP) is 4.41. The van der Waals surface area contributed by atoms with Crippen LogP contribution in [0.1, 0.15) is 44.6 Å². The van der Waals surface area contributed by atoms with E-state index in [1.54, 1.807) is 0 Å². The number of nitriles is 1. The molecule has 0 aliphatic heterocycles. The summed E-state index contributed by atoms with van der Waals surface area (Å²) < 4.78 is 0.724. The van der Waals surface area contributed by atoms with Crippen LogP contribution in [0.5, 0.6) is 0 Å². The highest BCUT2D eigenvalue weighted by atomic mass is 32.2. The molecule has 6 nitrogen and oxygen atoms in total. The van der Waals surface area contributed by atoms with Gasteiger partial charge in [-0.15, -0.1) is 10.2 Å². The summed E-state index contributed by atoms with van der Waals surface area (Å²) in [6, 6.07) is 10.4. The lowest BCUT2D eigenvalue weighted by Gasteiger charge is -2.32. The number of amides is 1. The molecule has 1 aliphatic carbocycles. The third-order valence-corrected chi connectivity index (χ3v) is 6.63. The summed E-state index contributed by atoms with van der Waals surface area (Å²) in [6.45, 7) is 3.87. The number of thioether (sulfide) groups is 1. The van der Waals surface area contributed by atoms with Crippen LogP contribution in [0.15, 0.2) is 28.6 Å². The predicted molar refractivity (Wildman–Crippen MR) is 109 cm³/mol. The lowest BCUT2D eigenvalue weighted by atomic mass is 9.83. The summed E-state index contributed by atoms with van der Waals surface area (Å²) in [5.41, 5.74) is 1.42. The van der Waals surface area contributed by atoms with Gasteiger partial charge < -0.3 is 10.6 Å². The van der Waals surface area contributed by atoms with E-state index in [-0.39, 0.29) is 11.2 Å². The number of hydrogen-bond acceptors (Lipinski definition) is 7. The minimum Gasteiger partial charge on any atom is -0.337 e. The standard InChI is InChI=1S/C19H23N5OS2/c1-13-7-6-8-15(11-13)21-17-23-24-18(27-17)26-14(2)16(25)22-19(12-20)9-4-3-5-10-19/h6-8,11,14H,3-5,9-10H2,1-2H3,(H,21,23)(H,22,25)/t14-/m0/s1. The molecule has 2 N–H and O–H groups in total. The Kier molecular flexibility index (Phi) is 6.34. The molecule has 0 spiro atoms. The normalized spacial score (nSPS) is 16.9. The molecule has 3 rings (SSSR count). The molecule has 1 heterocycles. The summed E-state index contributed by atoms with van der Waals surface area (Å²) in [4.78, 5) is 12.6. The van der Waals surface area contributed by atoms with Gasteiger partial charge in [0.05, 0.1) is 11.3 Å². The Balaban J connectivity index is 1.57. The fourth-order valence-electron chi connectivity index (χ4n) is 3.12. The van der Waals surface area contributed by atoms with Crippen molar-refractivity contribution in [2.24, 2.45) is 0 Å². The van der Waals surface area contributed by atoms with Crippen LogP contribution in [-0.4, -0.2) is 26.9 Å². The molecule has 0 radical (unpaired) electrons. The molecule has 1 aromatic carbocycles. The molecule has 1 fully saturated rings. The third-order valence-electron chi connectivity index (χ3n) is 4.61. The first kappa shape index (κ1) is 19.6. The van der Waals surface area contributed by atoms with Crippen molar-refractivity contribution in [2.45, 2.75) is 61.1 Å². The number of rotatable bonds is 6. The quantitative estimate of drug-likeness (QED) is 0.697. The first-order chi connectivity index (χ1) is 13.0. The number of aryl methyl sites for hydroxylation is 1. The van der Waals surface area contributed by atoms with Crippen molar-refractivity contribution in [1.29, 1.82) is 5.26 Å². The average Bonchev–Trinajstić information content (AvgIpc) is 3.09. The van der Waals surface area contributed by atoms with Crippen LogP contribution in [0.3, 0.4) is 0 Å². The number of carbonyl (C=O) groups is 1. The molecule has 1 aliphatic rings. The van der Waals surface area contributed by atoms with Gasteiger partial charge in [0.2, 0.25) is 11.0 Å².